The molecule has 174 valence electrons. The minimum atomic E-state index is -0.480. The zero-order valence-corrected chi connectivity index (χ0v) is 20.1. The van der Waals surface area contributed by atoms with Gasteiger partial charge in [-0.05, 0) is 40.5 Å². The highest BCUT2D eigenvalue weighted by Crippen LogP contribution is 2.14. The van der Waals surface area contributed by atoms with E-state index in [9.17, 15) is 14.4 Å². The molecule has 1 rings (SSSR count). The summed E-state index contributed by atoms with van der Waals surface area (Å²) in [6.45, 7) is 16.1. The van der Waals surface area contributed by atoms with Crippen LogP contribution in [-0.4, -0.2) is 102 Å². The molecule has 3 amide bonds. The first-order valence-electron chi connectivity index (χ1n) is 11.2. The van der Waals surface area contributed by atoms with E-state index < -0.39 is 5.60 Å². The third-order valence-corrected chi connectivity index (χ3v) is 5.47. The van der Waals surface area contributed by atoms with Crippen LogP contribution < -0.4 is 0 Å². The number of piperazine rings is 1. The van der Waals surface area contributed by atoms with Crippen LogP contribution in [0.5, 0.6) is 0 Å². The van der Waals surface area contributed by atoms with E-state index in [-0.39, 0.29) is 17.9 Å². The Morgan fingerprint density at radius 1 is 1.03 bits per heavy atom. The van der Waals surface area contributed by atoms with Crippen molar-refractivity contribution in [3.63, 3.8) is 0 Å². The third kappa shape index (κ3) is 9.32. The Labute approximate surface area is 182 Å². The summed E-state index contributed by atoms with van der Waals surface area (Å²) in [4.78, 5) is 43.8. The number of hydrogen-bond donors (Lipinski definition) is 0. The molecule has 0 bridgehead atoms. The average Bonchev–Trinajstić information content (AvgIpc) is 2.66. The number of amides is 3. The molecule has 0 aromatic heterocycles. The van der Waals surface area contributed by atoms with Gasteiger partial charge in [-0.25, -0.2) is 4.79 Å². The highest BCUT2D eigenvalue weighted by molar-refractivity contribution is 5.76. The molecule has 1 atom stereocenters. The third-order valence-electron chi connectivity index (χ3n) is 5.47. The van der Waals surface area contributed by atoms with Gasteiger partial charge in [0.2, 0.25) is 11.8 Å². The molecule has 8 heteroatoms. The van der Waals surface area contributed by atoms with E-state index in [1.54, 1.807) is 16.8 Å². The van der Waals surface area contributed by atoms with Crippen LogP contribution >= 0.6 is 0 Å². The van der Waals surface area contributed by atoms with Crippen molar-refractivity contribution >= 4 is 17.9 Å². The van der Waals surface area contributed by atoms with E-state index in [1.807, 2.05) is 32.6 Å². The van der Waals surface area contributed by atoms with Crippen molar-refractivity contribution in [2.75, 3.05) is 52.9 Å². The van der Waals surface area contributed by atoms with Gasteiger partial charge in [0.25, 0.3) is 0 Å². The van der Waals surface area contributed by atoms with Gasteiger partial charge >= 0.3 is 6.09 Å². The van der Waals surface area contributed by atoms with Crippen molar-refractivity contribution in [1.82, 2.24) is 19.6 Å². The van der Waals surface area contributed by atoms with Crippen LogP contribution in [0.15, 0.2) is 0 Å². The summed E-state index contributed by atoms with van der Waals surface area (Å²) in [7, 11) is 1.76. The highest BCUT2D eigenvalue weighted by atomic mass is 16.6. The fourth-order valence-corrected chi connectivity index (χ4v) is 3.36. The molecular formula is C22H42N4O4. The number of rotatable bonds is 9. The normalized spacial score (nSPS) is 16.2. The molecule has 1 saturated heterocycles. The Hall–Kier alpha value is -1.83. The summed E-state index contributed by atoms with van der Waals surface area (Å²) in [5, 5.41) is 0. The van der Waals surface area contributed by atoms with Crippen molar-refractivity contribution in [2.45, 2.75) is 72.4 Å². The lowest BCUT2D eigenvalue weighted by molar-refractivity contribution is -0.133. The summed E-state index contributed by atoms with van der Waals surface area (Å²) in [6.07, 6.45) is 1.97. The quantitative estimate of drug-likeness (QED) is 0.566. The highest BCUT2D eigenvalue weighted by Gasteiger charge is 2.28. The fourth-order valence-electron chi connectivity index (χ4n) is 3.36. The first-order chi connectivity index (χ1) is 13.9. The average molecular weight is 427 g/mol. The minimum Gasteiger partial charge on any atom is -0.444 e. The molecule has 0 saturated carbocycles. The van der Waals surface area contributed by atoms with E-state index in [4.69, 9.17) is 4.74 Å². The van der Waals surface area contributed by atoms with Crippen molar-refractivity contribution < 1.29 is 19.1 Å². The largest absolute Gasteiger partial charge is 0.444 e. The summed E-state index contributed by atoms with van der Waals surface area (Å²) in [6, 6.07) is 0.313. The molecule has 0 radical (unpaired) electrons. The van der Waals surface area contributed by atoms with E-state index in [2.05, 4.69) is 11.8 Å². The Balaban J connectivity index is 2.51. The number of ether oxygens (including phenoxy) is 1. The Morgan fingerprint density at radius 3 is 2.13 bits per heavy atom. The molecule has 1 heterocycles. The van der Waals surface area contributed by atoms with E-state index in [1.165, 1.54) is 6.92 Å². The minimum absolute atomic E-state index is 0.00844. The first-order valence-corrected chi connectivity index (χ1v) is 11.2. The van der Waals surface area contributed by atoms with Gasteiger partial charge < -0.3 is 19.4 Å². The van der Waals surface area contributed by atoms with Gasteiger partial charge in [0.05, 0.1) is 0 Å². The lowest BCUT2D eigenvalue weighted by Crippen LogP contribution is -2.52. The van der Waals surface area contributed by atoms with Crippen LogP contribution in [0.2, 0.25) is 0 Å². The second-order valence-electron chi connectivity index (χ2n) is 9.21. The van der Waals surface area contributed by atoms with Crippen LogP contribution in [0.25, 0.3) is 0 Å². The van der Waals surface area contributed by atoms with Gasteiger partial charge in [-0.3, -0.25) is 14.5 Å². The van der Waals surface area contributed by atoms with Gasteiger partial charge in [-0.15, -0.1) is 0 Å². The molecule has 0 spiro atoms. The van der Waals surface area contributed by atoms with E-state index >= 15 is 0 Å². The lowest BCUT2D eigenvalue weighted by Gasteiger charge is -2.39. The second-order valence-corrected chi connectivity index (χ2v) is 9.21. The van der Waals surface area contributed by atoms with Crippen molar-refractivity contribution in [3.05, 3.63) is 0 Å². The fraction of sp³-hybridized carbons (Fsp3) is 0.864. The maximum atomic E-state index is 12.5. The second kappa shape index (κ2) is 12.1. The van der Waals surface area contributed by atoms with Crippen LogP contribution in [0.1, 0.15) is 60.8 Å². The van der Waals surface area contributed by atoms with Crippen molar-refractivity contribution in [3.8, 4) is 0 Å². The van der Waals surface area contributed by atoms with Gasteiger partial charge in [0.15, 0.2) is 0 Å². The molecular weight excluding hydrogens is 384 g/mol. The van der Waals surface area contributed by atoms with Crippen LogP contribution in [0.4, 0.5) is 4.79 Å². The molecule has 1 aliphatic rings. The van der Waals surface area contributed by atoms with E-state index in [0.717, 1.165) is 25.9 Å². The molecule has 0 aromatic carbocycles. The van der Waals surface area contributed by atoms with Crippen molar-refractivity contribution in [1.29, 1.82) is 0 Å². The maximum Gasteiger partial charge on any atom is 0.410 e. The predicted molar refractivity (Wildman–Crippen MR) is 118 cm³/mol. The smallest absolute Gasteiger partial charge is 0.410 e. The number of nitrogens with zero attached hydrogens (tertiary/aromatic N) is 4. The lowest BCUT2D eigenvalue weighted by atomic mass is 10.1. The summed E-state index contributed by atoms with van der Waals surface area (Å²) in [5.41, 5.74) is -0.480. The number of hydrogen-bond acceptors (Lipinski definition) is 5. The summed E-state index contributed by atoms with van der Waals surface area (Å²) in [5.74, 6) is 0.158. The zero-order chi connectivity index (χ0) is 22.9. The maximum absolute atomic E-state index is 12.5. The summed E-state index contributed by atoms with van der Waals surface area (Å²) >= 11 is 0. The topological polar surface area (TPSA) is 73.4 Å². The molecule has 0 N–H and O–H groups in total. The molecule has 1 aliphatic heterocycles. The Morgan fingerprint density at radius 2 is 1.63 bits per heavy atom. The Bertz CT molecular complexity index is 568. The van der Waals surface area contributed by atoms with Crippen LogP contribution in [0, 0.1) is 0 Å². The SMILES string of the molecule is CCCC(=O)N(CCC(C)N1CCN(C(=O)OC(C)(C)C)CC1)CCN(C)C(C)=O. The van der Waals surface area contributed by atoms with Gasteiger partial charge in [-0.1, -0.05) is 6.92 Å². The number of carbonyl (C=O) groups excluding carboxylic acids is 3. The molecule has 0 aromatic rings. The monoisotopic (exact) mass is 426 g/mol. The van der Waals surface area contributed by atoms with E-state index in [0.29, 0.717) is 45.2 Å². The molecule has 8 nitrogen and oxygen atoms in total. The molecule has 1 unspecified atom stereocenters. The first kappa shape index (κ1) is 26.2. The molecule has 1 fully saturated rings. The Kier molecular flexibility index (Phi) is 10.6. The summed E-state index contributed by atoms with van der Waals surface area (Å²) < 4.78 is 5.46. The van der Waals surface area contributed by atoms with Crippen LogP contribution in [-0.2, 0) is 14.3 Å². The van der Waals surface area contributed by atoms with Gasteiger partial charge in [-0.2, -0.15) is 0 Å². The van der Waals surface area contributed by atoms with Crippen molar-refractivity contribution in [2.24, 2.45) is 0 Å². The molecule has 30 heavy (non-hydrogen) atoms. The number of likely N-dealkylation sites (N-methyl/N-ethyl adjacent to an activating group) is 1. The predicted octanol–water partition coefficient (Wildman–Crippen LogP) is 2.42. The van der Waals surface area contributed by atoms with Gasteiger partial charge in [0, 0.05) is 72.2 Å². The number of carbonyl (C=O) groups is 3. The zero-order valence-electron chi connectivity index (χ0n) is 20.1. The molecule has 0 aliphatic carbocycles. The van der Waals surface area contributed by atoms with Crippen LogP contribution in [0.3, 0.4) is 0 Å². The van der Waals surface area contributed by atoms with Gasteiger partial charge in [0.1, 0.15) is 5.60 Å². The standard InChI is InChI=1S/C22H42N4O4/c1-8-9-20(28)25(13-12-23(7)19(3)27)11-10-18(2)24-14-16-26(17-15-24)21(29)30-22(4,5)6/h18H,8-17H2,1-7H3.